The molecule has 0 bridgehead atoms. The number of anilines is 1. The van der Waals surface area contributed by atoms with Gasteiger partial charge in [-0.2, -0.15) is 4.39 Å². The van der Waals surface area contributed by atoms with Gasteiger partial charge >= 0.3 is 0 Å². The molecule has 5 heteroatoms. The summed E-state index contributed by atoms with van der Waals surface area (Å²) in [5, 5.41) is 0. The Labute approximate surface area is 138 Å². The van der Waals surface area contributed by atoms with Crippen LogP contribution in [0.4, 0.5) is 10.1 Å². The van der Waals surface area contributed by atoms with Gasteiger partial charge in [0.2, 0.25) is 5.95 Å². The molecule has 3 rings (SSSR count). The molecule has 0 amide bonds. The number of benzene rings is 1. The van der Waals surface area contributed by atoms with Crippen LogP contribution in [0.3, 0.4) is 0 Å². The summed E-state index contributed by atoms with van der Waals surface area (Å²) in [4.78, 5) is 8.62. The fourth-order valence-electron chi connectivity index (χ4n) is 2.97. The first-order chi connectivity index (χ1) is 10.5. The normalized spacial score (nSPS) is 18.9. The fraction of sp³-hybridized carbons (Fsp3) is 0.353. The first-order valence-corrected chi connectivity index (χ1v) is 8.17. The van der Waals surface area contributed by atoms with E-state index in [4.69, 9.17) is 0 Å². The SMILES string of the molecule is C[C@@H]1CN(C)c2cc(Br)ccc2CN1Cc1cccc(F)n1. The van der Waals surface area contributed by atoms with Crippen molar-refractivity contribution < 1.29 is 4.39 Å². The predicted molar refractivity (Wildman–Crippen MR) is 90.3 cm³/mol. The number of pyridine rings is 1. The molecule has 0 saturated carbocycles. The Kier molecular flexibility index (Phi) is 4.45. The van der Waals surface area contributed by atoms with Gasteiger partial charge < -0.3 is 4.90 Å². The lowest BCUT2D eigenvalue weighted by Crippen LogP contribution is -2.37. The summed E-state index contributed by atoms with van der Waals surface area (Å²) in [5.41, 5.74) is 3.30. The van der Waals surface area contributed by atoms with Crippen LogP contribution in [0.2, 0.25) is 0 Å². The molecule has 2 heterocycles. The minimum absolute atomic E-state index is 0.362. The van der Waals surface area contributed by atoms with Crippen LogP contribution in [0.15, 0.2) is 40.9 Å². The van der Waals surface area contributed by atoms with E-state index in [-0.39, 0.29) is 0 Å². The molecule has 0 aliphatic carbocycles. The molecule has 1 aliphatic rings. The van der Waals surface area contributed by atoms with Crippen LogP contribution in [0.5, 0.6) is 0 Å². The van der Waals surface area contributed by atoms with Gasteiger partial charge in [0.1, 0.15) is 0 Å². The maximum Gasteiger partial charge on any atom is 0.213 e. The van der Waals surface area contributed by atoms with Gasteiger partial charge in [-0.15, -0.1) is 0 Å². The highest BCUT2D eigenvalue weighted by Gasteiger charge is 2.23. The third-order valence-electron chi connectivity index (χ3n) is 4.13. The zero-order valence-electron chi connectivity index (χ0n) is 12.8. The van der Waals surface area contributed by atoms with Crippen LogP contribution in [0.1, 0.15) is 18.2 Å². The van der Waals surface area contributed by atoms with Crippen LogP contribution in [-0.2, 0) is 13.1 Å². The standard InChI is InChI=1S/C17H19BrFN3/c1-12-9-21(2)16-8-14(18)7-6-13(16)10-22(12)11-15-4-3-5-17(19)20-15/h3-8,12H,9-11H2,1-2H3/t12-/m1/s1. The van der Waals surface area contributed by atoms with E-state index in [0.717, 1.165) is 23.3 Å². The van der Waals surface area contributed by atoms with Crippen molar-refractivity contribution in [1.29, 1.82) is 0 Å². The van der Waals surface area contributed by atoms with Crippen molar-refractivity contribution in [3.63, 3.8) is 0 Å². The molecule has 0 radical (unpaired) electrons. The lowest BCUT2D eigenvalue weighted by atomic mass is 10.1. The molecule has 0 N–H and O–H groups in total. The van der Waals surface area contributed by atoms with E-state index >= 15 is 0 Å². The zero-order valence-corrected chi connectivity index (χ0v) is 14.3. The second kappa shape index (κ2) is 6.34. The van der Waals surface area contributed by atoms with Crippen LogP contribution in [0.25, 0.3) is 0 Å². The molecule has 0 fully saturated rings. The second-order valence-corrected chi connectivity index (χ2v) is 6.77. The number of nitrogens with zero attached hydrogens (tertiary/aromatic N) is 3. The Hall–Kier alpha value is -1.46. The maximum absolute atomic E-state index is 13.3. The third-order valence-corrected chi connectivity index (χ3v) is 4.62. The van der Waals surface area contributed by atoms with Crippen LogP contribution in [0, 0.1) is 5.95 Å². The molecule has 116 valence electrons. The molecule has 1 aromatic carbocycles. The van der Waals surface area contributed by atoms with Gasteiger partial charge in [-0.1, -0.05) is 28.1 Å². The van der Waals surface area contributed by atoms with Gasteiger partial charge in [0.15, 0.2) is 0 Å². The van der Waals surface area contributed by atoms with Crippen molar-refractivity contribution in [2.45, 2.75) is 26.1 Å². The van der Waals surface area contributed by atoms with E-state index in [9.17, 15) is 4.39 Å². The summed E-state index contributed by atoms with van der Waals surface area (Å²) in [6, 6.07) is 11.7. The Morgan fingerprint density at radius 2 is 2.14 bits per heavy atom. The third kappa shape index (κ3) is 3.31. The topological polar surface area (TPSA) is 19.4 Å². The van der Waals surface area contributed by atoms with Crippen molar-refractivity contribution in [2.75, 3.05) is 18.5 Å². The Morgan fingerprint density at radius 3 is 2.91 bits per heavy atom. The molecule has 0 unspecified atom stereocenters. The molecular formula is C17H19BrFN3. The van der Waals surface area contributed by atoms with Crippen molar-refractivity contribution >= 4 is 21.6 Å². The molecular weight excluding hydrogens is 345 g/mol. The first kappa shape index (κ1) is 15.4. The number of halogens is 2. The first-order valence-electron chi connectivity index (χ1n) is 7.38. The quantitative estimate of drug-likeness (QED) is 0.756. The Bertz CT molecular complexity index is 677. The number of hydrogen-bond donors (Lipinski definition) is 0. The summed E-state index contributed by atoms with van der Waals surface area (Å²) in [6.45, 7) is 4.63. The highest BCUT2D eigenvalue weighted by atomic mass is 79.9. The molecule has 22 heavy (non-hydrogen) atoms. The smallest absolute Gasteiger partial charge is 0.213 e. The molecule has 1 aliphatic heterocycles. The average molecular weight is 364 g/mol. The monoisotopic (exact) mass is 363 g/mol. The van der Waals surface area contributed by atoms with E-state index in [0.29, 0.717) is 12.6 Å². The minimum atomic E-state index is -0.415. The molecule has 1 aromatic heterocycles. The zero-order chi connectivity index (χ0) is 15.7. The summed E-state index contributed by atoms with van der Waals surface area (Å²) in [5.74, 6) is -0.415. The van der Waals surface area contributed by atoms with E-state index in [1.807, 2.05) is 6.07 Å². The van der Waals surface area contributed by atoms with Crippen molar-refractivity contribution in [3.8, 4) is 0 Å². The summed E-state index contributed by atoms with van der Waals surface area (Å²) in [7, 11) is 2.12. The number of aromatic nitrogens is 1. The molecule has 3 nitrogen and oxygen atoms in total. The van der Waals surface area contributed by atoms with Gasteiger partial charge in [0, 0.05) is 42.9 Å². The van der Waals surface area contributed by atoms with Crippen LogP contribution in [-0.4, -0.2) is 29.5 Å². The molecule has 2 aromatic rings. The van der Waals surface area contributed by atoms with Gasteiger partial charge in [-0.3, -0.25) is 4.90 Å². The molecule has 0 saturated heterocycles. The van der Waals surface area contributed by atoms with Crippen molar-refractivity contribution in [3.05, 3.63) is 58.1 Å². The lowest BCUT2D eigenvalue weighted by molar-refractivity contribution is 0.196. The molecule has 1 atom stereocenters. The largest absolute Gasteiger partial charge is 0.373 e. The minimum Gasteiger partial charge on any atom is -0.373 e. The number of rotatable bonds is 2. The van der Waals surface area contributed by atoms with E-state index in [1.54, 1.807) is 6.07 Å². The van der Waals surface area contributed by atoms with Crippen molar-refractivity contribution in [1.82, 2.24) is 9.88 Å². The summed E-state index contributed by atoms with van der Waals surface area (Å²) >= 11 is 3.54. The average Bonchev–Trinajstić information content (AvgIpc) is 2.58. The van der Waals surface area contributed by atoms with E-state index < -0.39 is 5.95 Å². The fourth-order valence-corrected chi connectivity index (χ4v) is 3.32. The van der Waals surface area contributed by atoms with Gasteiger partial charge in [-0.25, -0.2) is 4.98 Å². The second-order valence-electron chi connectivity index (χ2n) is 5.86. The number of likely N-dealkylation sites (N-methyl/N-ethyl adjacent to an activating group) is 1. The Balaban J connectivity index is 1.87. The highest BCUT2D eigenvalue weighted by Crippen LogP contribution is 2.29. The van der Waals surface area contributed by atoms with Gasteiger partial charge in [0.25, 0.3) is 0 Å². The Morgan fingerprint density at radius 1 is 1.32 bits per heavy atom. The van der Waals surface area contributed by atoms with Gasteiger partial charge in [-0.05, 0) is 36.8 Å². The van der Waals surface area contributed by atoms with Crippen molar-refractivity contribution in [2.24, 2.45) is 0 Å². The number of fused-ring (bicyclic) bond motifs is 1. The van der Waals surface area contributed by atoms with Crippen LogP contribution < -0.4 is 4.90 Å². The summed E-state index contributed by atoms with van der Waals surface area (Å²) in [6.07, 6.45) is 0. The molecule has 0 spiro atoms. The number of hydrogen-bond acceptors (Lipinski definition) is 3. The summed E-state index contributed by atoms with van der Waals surface area (Å²) < 4.78 is 14.4. The highest BCUT2D eigenvalue weighted by molar-refractivity contribution is 9.10. The van der Waals surface area contributed by atoms with Gasteiger partial charge in [0.05, 0.1) is 5.69 Å². The van der Waals surface area contributed by atoms with E-state index in [1.165, 1.54) is 17.3 Å². The predicted octanol–water partition coefficient (Wildman–Crippen LogP) is 3.82. The van der Waals surface area contributed by atoms with Crippen LogP contribution >= 0.6 is 15.9 Å². The van der Waals surface area contributed by atoms with E-state index in [2.05, 4.69) is 62.9 Å². The maximum atomic E-state index is 13.3. The lowest BCUT2D eigenvalue weighted by Gasteiger charge is -2.28.